The summed E-state index contributed by atoms with van der Waals surface area (Å²) in [7, 11) is 0. The van der Waals surface area contributed by atoms with Crippen LogP contribution in [0, 0.1) is 17.8 Å². The molecule has 0 bridgehead atoms. The van der Waals surface area contributed by atoms with E-state index in [0.717, 1.165) is 25.7 Å². The average molecular weight is 313 g/mol. The molecule has 120 valence electrons. The molecule has 0 heterocycles. The van der Waals surface area contributed by atoms with E-state index in [1.165, 1.54) is 12.8 Å². The summed E-state index contributed by atoms with van der Waals surface area (Å²) >= 11 is 1.85. The molecule has 2 N–H and O–H groups in total. The molecule has 0 aliphatic heterocycles. The number of carbonyl (C=O) groups is 2. The summed E-state index contributed by atoms with van der Waals surface area (Å²) in [6.07, 6.45) is 9.22. The third-order valence-corrected chi connectivity index (χ3v) is 6.84. The van der Waals surface area contributed by atoms with Crippen molar-refractivity contribution in [2.45, 2.75) is 56.6 Å². The van der Waals surface area contributed by atoms with Gasteiger partial charge in [0.2, 0.25) is 5.91 Å². The van der Waals surface area contributed by atoms with E-state index in [1.54, 1.807) is 0 Å². The van der Waals surface area contributed by atoms with Gasteiger partial charge < -0.3 is 10.4 Å². The third-order valence-electron chi connectivity index (χ3n) is 5.42. The molecule has 2 aliphatic rings. The molecule has 0 aromatic heterocycles. The summed E-state index contributed by atoms with van der Waals surface area (Å²) in [4.78, 5) is 23.8. The van der Waals surface area contributed by atoms with Crippen molar-refractivity contribution in [2.24, 2.45) is 17.8 Å². The first-order valence-electron chi connectivity index (χ1n) is 8.07. The van der Waals surface area contributed by atoms with Crippen LogP contribution in [0.1, 0.15) is 51.9 Å². The van der Waals surface area contributed by atoms with Gasteiger partial charge in [0.15, 0.2) is 0 Å². The van der Waals surface area contributed by atoms with Gasteiger partial charge in [-0.1, -0.05) is 26.2 Å². The maximum atomic E-state index is 12.5. The first-order valence-corrected chi connectivity index (χ1v) is 9.29. The number of hydrogen-bond acceptors (Lipinski definition) is 3. The fraction of sp³-hybridized carbons (Fsp3) is 0.875. The lowest BCUT2D eigenvalue weighted by Gasteiger charge is -2.28. The van der Waals surface area contributed by atoms with Gasteiger partial charge in [0.1, 0.15) is 0 Å². The monoisotopic (exact) mass is 313 g/mol. The molecule has 0 aromatic carbocycles. The highest BCUT2D eigenvalue weighted by atomic mass is 32.2. The topological polar surface area (TPSA) is 66.4 Å². The first kappa shape index (κ1) is 16.7. The standard InChI is InChI=1S/C16H27NO3S/c1-3-11-8-12(13(9-11)15(19)20)14(18)17-10-16(21-2)6-4-5-7-16/h11-13H,3-10H2,1-2H3,(H,17,18)(H,19,20)/t11?,12-,13+/m0/s1. The second-order valence-corrected chi connectivity index (χ2v) is 7.88. The third kappa shape index (κ3) is 3.74. The Morgan fingerprint density at radius 3 is 2.38 bits per heavy atom. The van der Waals surface area contributed by atoms with Crippen molar-refractivity contribution >= 4 is 23.6 Å². The van der Waals surface area contributed by atoms with E-state index >= 15 is 0 Å². The van der Waals surface area contributed by atoms with E-state index in [0.29, 0.717) is 18.9 Å². The number of thioether (sulfide) groups is 1. The fourth-order valence-corrected chi connectivity index (χ4v) is 4.80. The van der Waals surface area contributed by atoms with Crippen LogP contribution in [0.25, 0.3) is 0 Å². The Morgan fingerprint density at radius 1 is 1.24 bits per heavy atom. The molecule has 2 saturated carbocycles. The number of carboxylic acid groups (broad SMARTS) is 1. The quantitative estimate of drug-likeness (QED) is 0.791. The minimum atomic E-state index is -0.813. The van der Waals surface area contributed by atoms with Crippen molar-refractivity contribution < 1.29 is 14.7 Å². The zero-order chi connectivity index (χ0) is 15.5. The summed E-state index contributed by atoms with van der Waals surface area (Å²) in [6, 6.07) is 0. The Morgan fingerprint density at radius 2 is 1.86 bits per heavy atom. The lowest BCUT2D eigenvalue weighted by Crippen LogP contribution is -2.42. The van der Waals surface area contributed by atoms with Crippen molar-refractivity contribution in [1.82, 2.24) is 5.32 Å². The van der Waals surface area contributed by atoms with E-state index in [9.17, 15) is 14.7 Å². The lowest BCUT2D eigenvalue weighted by atomic mass is 9.95. The molecule has 2 fully saturated rings. The molecule has 1 unspecified atom stereocenters. The molecule has 2 aliphatic carbocycles. The largest absolute Gasteiger partial charge is 0.481 e. The van der Waals surface area contributed by atoms with E-state index in [4.69, 9.17) is 0 Å². The number of carboxylic acids is 1. The molecular weight excluding hydrogens is 286 g/mol. The molecule has 0 radical (unpaired) electrons. The van der Waals surface area contributed by atoms with Crippen LogP contribution in [-0.2, 0) is 9.59 Å². The van der Waals surface area contributed by atoms with E-state index in [2.05, 4.69) is 18.5 Å². The van der Waals surface area contributed by atoms with E-state index < -0.39 is 11.9 Å². The summed E-state index contributed by atoms with van der Waals surface area (Å²) in [6.45, 7) is 2.76. The van der Waals surface area contributed by atoms with Crippen LogP contribution < -0.4 is 5.32 Å². The van der Waals surface area contributed by atoms with Crippen molar-refractivity contribution in [1.29, 1.82) is 0 Å². The minimum absolute atomic E-state index is 0.0429. The zero-order valence-electron chi connectivity index (χ0n) is 13.1. The summed E-state index contributed by atoms with van der Waals surface area (Å²) in [5.41, 5.74) is 0. The molecule has 5 heteroatoms. The minimum Gasteiger partial charge on any atom is -0.481 e. The van der Waals surface area contributed by atoms with Crippen LogP contribution in [-0.4, -0.2) is 34.5 Å². The highest BCUT2D eigenvalue weighted by molar-refractivity contribution is 8.00. The molecule has 0 aromatic rings. The average Bonchev–Trinajstić information content (AvgIpc) is 3.12. The highest BCUT2D eigenvalue weighted by Crippen LogP contribution is 2.41. The smallest absolute Gasteiger partial charge is 0.307 e. The van der Waals surface area contributed by atoms with Gasteiger partial charge in [0.25, 0.3) is 0 Å². The second kappa shape index (κ2) is 7.03. The molecular formula is C16H27NO3S. The lowest BCUT2D eigenvalue weighted by molar-refractivity contribution is -0.146. The van der Waals surface area contributed by atoms with Gasteiger partial charge in [-0.25, -0.2) is 0 Å². The Labute approximate surface area is 131 Å². The Hall–Kier alpha value is -0.710. The van der Waals surface area contributed by atoms with E-state index in [1.807, 2.05) is 11.8 Å². The normalized spacial score (nSPS) is 31.2. The summed E-state index contributed by atoms with van der Waals surface area (Å²) in [5, 5.41) is 12.4. The zero-order valence-corrected chi connectivity index (χ0v) is 13.9. The van der Waals surface area contributed by atoms with Crippen LogP contribution in [0.4, 0.5) is 0 Å². The summed E-state index contributed by atoms with van der Waals surface area (Å²) < 4.78 is 0.178. The molecule has 2 rings (SSSR count). The van der Waals surface area contributed by atoms with Gasteiger partial charge in [-0.2, -0.15) is 11.8 Å². The summed E-state index contributed by atoms with van der Waals surface area (Å²) in [5.74, 6) is -1.32. The van der Waals surface area contributed by atoms with Crippen molar-refractivity contribution in [3.8, 4) is 0 Å². The molecule has 21 heavy (non-hydrogen) atoms. The Balaban J connectivity index is 1.94. The second-order valence-electron chi connectivity index (χ2n) is 6.61. The van der Waals surface area contributed by atoms with Crippen molar-refractivity contribution in [3.05, 3.63) is 0 Å². The Kier molecular flexibility index (Phi) is 5.58. The SMILES string of the molecule is CCC1C[C@H](C(=O)NCC2(SC)CCCC2)[C@H](C(=O)O)C1. The first-order chi connectivity index (χ1) is 10.0. The molecule has 0 spiro atoms. The number of carbonyl (C=O) groups excluding carboxylic acids is 1. The van der Waals surface area contributed by atoms with Crippen LogP contribution in [0.2, 0.25) is 0 Å². The maximum Gasteiger partial charge on any atom is 0.307 e. The van der Waals surface area contributed by atoms with Gasteiger partial charge in [0, 0.05) is 11.3 Å². The van der Waals surface area contributed by atoms with Gasteiger partial charge in [0.05, 0.1) is 11.8 Å². The van der Waals surface area contributed by atoms with Crippen LogP contribution in [0.3, 0.4) is 0 Å². The predicted octanol–water partition coefficient (Wildman–Crippen LogP) is 2.92. The number of hydrogen-bond donors (Lipinski definition) is 2. The number of aliphatic carboxylic acids is 1. The van der Waals surface area contributed by atoms with Gasteiger partial charge in [-0.3, -0.25) is 9.59 Å². The predicted molar refractivity (Wildman–Crippen MR) is 85.4 cm³/mol. The fourth-order valence-electron chi connectivity index (χ4n) is 3.89. The van der Waals surface area contributed by atoms with Crippen LogP contribution in [0.15, 0.2) is 0 Å². The Bertz CT molecular complexity index is 393. The van der Waals surface area contributed by atoms with Gasteiger partial charge in [-0.05, 0) is 37.9 Å². The maximum absolute atomic E-state index is 12.5. The van der Waals surface area contributed by atoms with Gasteiger partial charge in [-0.15, -0.1) is 0 Å². The van der Waals surface area contributed by atoms with Gasteiger partial charge >= 0.3 is 5.97 Å². The van der Waals surface area contributed by atoms with Crippen LogP contribution in [0.5, 0.6) is 0 Å². The molecule has 3 atom stereocenters. The number of rotatable bonds is 6. The number of amides is 1. The van der Waals surface area contributed by atoms with Crippen LogP contribution >= 0.6 is 11.8 Å². The molecule has 4 nitrogen and oxygen atoms in total. The highest BCUT2D eigenvalue weighted by Gasteiger charge is 2.43. The number of nitrogens with one attached hydrogen (secondary N) is 1. The molecule has 1 amide bonds. The van der Waals surface area contributed by atoms with E-state index in [-0.39, 0.29) is 16.6 Å². The molecule has 0 saturated heterocycles. The van der Waals surface area contributed by atoms with Crippen molar-refractivity contribution in [2.75, 3.05) is 12.8 Å². The van der Waals surface area contributed by atoms with Crippen molar-refractivity contribution in [3.63, 3.8) is 0 Å².